The second kappa shape index (κ2) is 24.5. The molecule has 450 valence electrons. The molecular weight excluding hydrogens is 1110 g/mol. The second-order valence-electron chi connectivity index (χ2n) is 22.1. The molecule has 28 heteroatoms. The molecule has 3 fully saturated rings. The van der Waals surface area contributed by atoms with Gasteiger partial charge in [0.1, 0.15) is 18.0 Å². The van der Waals surface area contributed by atoms with Crippen molar-refractivity contribution in [3.63, 3.8) is 0 Å². The van der Waals surface area contributed by atoms with Crippen molar-refractivity contribution in [3.05, 3.63) is 94.7 Å². The van der Waals surface area contributed by atoms with Gasteiger partial charge in [-0.25, -0.2) is 39.1 Å². The minimum atomic E-state index is -5.13. The second-order valence-corrected chi connectivity index (χ2v) is 22.1. The van der Waals surface area contributed by atoms with E-state index in [-0.39, 0.29) is 40.0 Å². The molecule has 7 atom stereocenters. The number of alkyl halides is 8. The van der Waals surface area contributed by atoms with Crippen LogP contribution in [0.4, 0.5) is 55.1 Å². The lowest BCUT2D eigenvalue weighted by Gasteiger charge is -2.54. The highest BCUT2D eigenvalue weighted by Gasteiger charge is 2.62. The molecule has 4 aromatic rings. The number of carbonyl (C=O) groups excluding carboxylic acids is 4. The quantitative estimate of drug-likeness (QED) is 0.0319. The number of carbonyl (C=O) groups is 4. The first-order chi connectivity index (χ1) is 39.1. The summed E-state index contributed by atoms with van der Waals surface area (Å²) in [6, 6.07) is 4.84. The monoisotopic (exact) mass is 1180 g/mol. The lowest BCUT2D eigenvalue weighted by molar-refractivity contribution is -0.231. The van der Waals surface area contributed by atoms with E-state index in [4.69, 9.17) is 14.2 Å². The Labute approximate surface area is 472 Å². The Morgan fingerprint density at radius 1 is 0.855 bits per heavy atom. The number of alkyl carbamates (subject to hydrolysis) is 2. The Hall–Kier alpha value is -7.22. The number of hydrazine groups is 1. The summed E-state index contributed by atoms with van der Waals surface area (Å²) < 4.78 is 155. The Balaban J connectivity index is 1.13. The van der Waals surface area contributed by atoms with Gasteiger partial charge in [-0.1, -0.05) is 30.9 Å². The van der Waals surface area contributed by atoms with Gasteiger partial charge in [-0.15, -0.1) is 0 Å². The highest BCUT2D eigenvalue weighted by Crippen LogP contribution is 2.50. The van der Waals surface area contributed by atoms with Crippen LogP contribution >= 0.6 is 0 Å². The first-order valence-electron chi connectivity index (χ1n) is 26.6. The molecule has 6 heterocycles. The fraction of sp³-hybridized carbons (Fsp3) is 0.545. The fourth-order valence-corrected chi connectivity index (χ4v) is 11.4. The summed E-state index contributed by atoms with van der Waals surface area (Å²) in [4.78, 5) is 66.6. The summed E-state index contributed by atoms with van der Waals surface area (Å²) in [5.74, 6) is 4.16. The smallest absolute Gasteiger partial charge is 0.407 e. The normalized spacial score (nSPS) is 21.1. The summed E-state index contributed by atoms with van der Waals surface area (Å²) in [5, 5.41) is 11.7. The molecule has 8 rings (SSSR count). The summed E-state index contributed by atoms with van der Waals surface area (Å²) in [6.45, 7) is 3.00. The van der Waals surface area contributed by atoms with E-state index in [1.54, 1.807) is 36.7 Å². The number of hydrogen-bond acceptors (Lipinski definition) is 15. The number of benzene rings is 2. The number of ether oxygens (including phenoxy) is 4. The fourth-order valence-electron chi connectivity index (χ4n) is 11.4. The molecule has 3 amide bonds. The van der Waals surface area contributed by atoms with Crippen LogP contribution in [0.5, 0.6) is 0 Å². The van der Waals surface area contributed by atoms with E-state index in [0.29, 0.717) is 54.6 Å². The van der Waals surface area contributed by atoms with E-state index in [1.807, 2.05) is 5.32 Å². The van der Waals surface area contributed by atoms with Gasteiger partial charge in [-0.3, -0.25) is 14.5 Å². The number of rotatable bonds is 19. The standard InChI is InChI=1S/C55H64F9N11O8/c1-8-53(46(69-50(79)81-7)52(4,5)55(62,63)64)39-20-34(41-17-18-74(70-41)47(57)58)21-40(56)38(39)26-73(71-53)27-43(83-30-76)42(67-45(77)44(68-49(78)80-6)51(2,3)54(59,60)61)19-32-12-9-31(10-13-32)11-14-33-22-65-48(66-23-33)72-24-35-15-16-36(25-72)75(35)37-28-82-29-37/h9-10,12-13,17-18,20-23,30,35-37,42-44,46-47,71H,8,15-16,19,24-29H2,1-7H3,(H,67,77)(H,68,78)(H,69,79)/t35?,36?,42-,43-,44+,46-,53?/m0/s1. The maximum atomic E-state index is 17.0. The molecule has 4 aliphatic heterocycles. The van der Waals surface area contributed by atoms with Crippen LogP contribution in [0.1, 0.15) is 88.2 Å². The average Bonchev–Trinajstić information content (AvgIpc) is 4.25. The topological polar surface area (TPSA) is 207 Å². The van der Waals surface area contributed by atoms with Crippen molar-refractivity contribution in [3.8, 4) is 23.1 Å². The molecule has 2 aromatic carbocycles. The molecule has 4 N–H and O–H groups in total. The van der Waals surface area contributed by atoms with E-state index in [0.717, 1.165) is 90.6 Å². The van der Waals surface area contributed by atoms with Crippen molar-refractivity contribution >= 4 is 30.5 Å². The minimum absolute atomic E-state index is 0.0386. The maximum absolute atomic E-state index is 17.0. The maximum Gasteiger partial charge on any atom is 0.407 e. The summed E-state index contributed by atoms with van der Waals surface area (Å²) >= 11 is 0. The van der Waals surface area contributed by atoms with Crippen molar-refractivity contribution in [1.29, 1.82) is 0 Å². The molecule has 4 aliphatic rings. The van der Waals surface area contributed by atoms with Crippen LogP contribution in [0.3, 0.4) is 0 Å². The summed E-state index contributed by atoms with van der Waals surface area (Å²) in [5.41, 5.74) is -4.51. The van der Waals surface area contributed by atoms with Crippen LogP contribution in [-0.4, -0.2) is 156 Å². The molecule has 0 spiro atoms. The Morgan fingerprint density at radius 2 is 1.47 bits per heavy atom. The number of aromatic nitrogens is 4. The van der Waals surface area contributed by atoms with Gasteiger partial charge in [0.15, 0.2) is 0 Å². The molecule has 0 aliphatic carbocycles. The molecular formula is C55H64F9N11O8. The van der Waals surface area contributed by atoms with Crippen LogP contribution < -0.4 is 26.3 Å². The first kappa shape index (κ1) is 61.8. The average molecular weight is 1180 g/mol. The highest BCUT2D eigenvalue weighted by atomic mass is 19.4. The lowest BCUT2D eigenvalue weighted by atomic mass is 9.66. The van der Waals surface area contributed by atoms with Gasteiger partial charge in [0.25, 0.3) is 6.47 Å². The van der Waals surface area contributed by atoms with Gasteiger partial charge in [0.2, 0.25) is 11.9 Å². The zero-order valence-electron chi connectivity index (χ0n) is 46.3. The number of methoxy groups -OCH3 is 2. The molecule has 0 radical (unpaired) electrons. The van der Waals surface area contributed by atoms with Crippen LogP contribution in [-0.2, 0) is 47.0 Å². The molecule has 3 unspecified atom stereocenters. The minimum Gasteiger partial charge on any atom is -0.461 e. The van der Waals surface area contributed by atoms with Crippen LogP contribution in [0.25, 0.3) is 11.3 Å². The number of amides is 3. The van der Waals surface area contributed by atoms with E-state index >= 15 is 17.6 Å². The summed E-state index contributed by atoms with van der Waals surface area (Å²) in [7, 11) is 1.77. The van der Waals surface area contributed by atoms with Gasteiger partial charge in [-0.2, -0.15) is 40.2 Å². The Morgan fingerprint density at radius 3 is 2.01 bits per heavy atom. The third-order valence-corrected chi connectivity index (χ3v) is 16.3. The van der Waals surface area contributed by atoms with Gasteiger partial charge >= 0.3 is 31.1 Å². The molecule has 83 heavy (non-hydrogen) atoms. The van der Waals surface area contributed by atoms with Crippen molar-refractivity contribution in [2.24, 2.45) is 10.8 Å². The number of halogens is 9. The highest BCUT2D eigenvalue weighted by molar-refractivity contribution is 5.87. The van der Waals surface area contributed by atoms with E-state index in [9.17, 15) is 41.1 Å². The van der Waals surface area contributed by atoms with Gasteiger partial charge in [0, 0.05) is 67.0 Å². The van der Waals surface area contributed by atoms with Crippen molar-refractivity contribution in [1.82, 2.24) is 51.0 Å². The number of fused-ring (bicyclic) bond motifs is 3. The third kappa shape index (κ3) is 13.0. The van der Waals surface area contributed by atoms with E-state index in [1.165, 1.54) is 13.0 Å². The number of hydrogen-bond donors (Lipinski definition) is 4. The predicted octanol–water partition coefficient (Wildman–Crippen LogP) is 7.15. The molecule has 0 saturated carbocycles. The largest absolute Gasteiger partial charge is 0.461 e. The van der Waals surface area contributed by atoms with Gasteiger partial charge in [0.05, 0.1) is 79.7 Å². The van der Waals surface area contributed by atoms with Crippen molar-refractivity contribution in [2.75, 3.05) is 52.0 Å². The molecule has 3 saturated heterocycles. The van der Waals surface area contributed by atoms with Gasteiger partial charge < -0.3 is 39.8 Å². The van der Waals surface area contributed by atoms with E-state index < -0.39 is 103 Å². The molecule has 2 aromatic heterocycles. The number of piperazine rings is 1. The SMILES string of the molecule is CCC1([C@@H](NC(=O)OC)C(C)(C)C(F)(F)F)NN(C[C@H](OC=O)[C@H](Cc2ccc(C#Cc3cnc(N4CC5CCC(C4)N5C4COC4)nc3)cc2)NC(=O)[C@@H](NC(=O)OC)C(C)(C)C(F)(F)F)Cc2c(F)cc(-c3ccn(C(F)F)n3)cc21. The number of nitrogens with zero attached hydrogens (tertiary/aromatic N) is 7. The predicted molar refractivity (Wildman–Crippen MR) is 279 cm³/mol. The van der Waals surface area contributed by atoms with Crippen LogP contribution in [0.15, 0.2) is 61.1 Å². The number of nitrogens with one attached hydrogen (secondary N) is 4. The Kier molecular flexibility index (Phi) is 18.3. The van der Waals surface area contributed by atoms with Gasteiger partial charge in [-0.05, 0) is 94.8 Å². The zero-order valence-corrected chi connectivity index (χ0v) is 46.3. The zero-order chi connectivity index (χ0) is 60.4. The third-order valence-electron chi connectivity index (χ3n) is 16.3. The van der Waals surface area contributed by atoms with Crippen LogP contribution in [0.2, 0.25) is 0 Å². The van der Waals surface area contributed by atoms with Crippen LogP contribution in [0, 0.1) is 28.5 Å². The van der Waals surface area contributed by atoms with E-state index in [2.05, 4.69) is 57.5 Å². The first-order valence-corrected chi connectivity index (χ1v) is 26.6. The summed E-state index contributed by atoms with van der Waals surface area (Å²) in [6.07, 6.45) is -9.05. The Bertz CT molecular complexity index is 3030. The molecule has 2 bridgehead atoms. The number of anilines is 1. The van der Waals surface area contributed by atoms with Crippen molar-refractivity contribution in [2.45, 2.75) is 134 Å². The van der Waals surface area contributed by atoms with Crippen molar-refractivity contribution < 1.29 is 77.6 Å². The molecule has 19 nitrogen and oxygen atoms in total. The lowest BCUT2D eigenvalue weighted by Crippen LogP contribution is -2.71.